The Labute approximate surface area is 337 Å². The average molecular weight is 815 g/mol. The highest BCUT2D eigenvalue weighted by atomic mass is 17.2. The quantitative estimate of drug-likeness (QED) is 0.0639. The lowest BCUT2D eigenvalue weighted by molar-refractivity contribution is -0.759. The van der Waals surface area contributed by atoms with Crippen LogP contribution in [0.15, 0.2) is 80.7 Å². The van der Waals surface area contributed by atoms with E-state index in [0.717, 1.165) is 16.2 Å². The summed E-state index contributed by atoms with van der Waals surface area (Å²) in [6.45, 7) is 2.85. The molecule has 1 aromatic heterocycles. The Hall–Kier alpha value is -5.17. The van der Waals surface area contributed by atoms with Gasteiger partial charge in [-0.3, -0.25) is 19.5 Å². The number of benzene rings is 3. The fourth-order valence-electron chi connectivity index (χ4n) is 8.62. The van der Waals surface area contributed by atoms with Gasteiger partial charge in [0.05, 0.1) is 17.6 Å². The first kappa shape index (κ1) is 40.6. The number of nitrogens with zero attached hydrogens (tertiary/aromatic N) is 1. The minimum atomic E-state index is -2.40. The monoisotopic (exact) mass is 814 g/mol. The second-order valence-corrected chi connectivity index (χ2v) is 16.3. The van der Waals surface area contributed by atoms with Crippen LogP contribution in [0, 0.1) is 12.8 Å². The third-order valence-corrected chi connectivity index (χ3v) is 12.0. The molecule has 1 amide bonds. The number of phenolic OH excluding ortho intramolecular Hbond substituents is 2. The minimum Gasteiger partial charge on any atom is -0.508 e. The van der Waals surface area contributed by atoms with Crippen LogP contribution in [-0.2, 0) is 27.4 Å². The van der Waals surface area contributed by atoms with Crippen LogP contribution in [0.5, 0.6) is 17.2 Å². The van der Waals surface area contributed by atoms with Gasteiger partial charge in [0.15, 0.2) is 11.2 Å². The smallest absolute Gasteiger partial charge is 0.222 e. The predicted molar refractivity (Wildman–Crippen MR) is 212 cm³/mol. The lowest BCUT2D eigenvalue weighted by Crippen LogP contribution is -3.01. The topological polar surface area (TPSA) is 245 Å². The van der Waals surface area contributed by atoms with Crippen molar-refractivity contribution in [3.05, 3.63) is 93.6 Å². The number of carbonyl (C=O) groups is 1. The zero-order valence-electron chi connectivity index (χ0n) is 32.6. The summed E-state index contributed by atoms with van der Waals surface area (Å²) in [6.07, 6.45) is -0.172. The van der Waals surface area contributed by atoms with Crippen LogP contribution in [0.1, 0.15) is 43.1 Å². The van der Waals surface area contributed by atoms with Crippen LogP contribution in [0.3, 0.4) is 0 Å². The molecule has 8 rings (SSSR count). The molecule has 0 bridgehead atoms. The number of rotatable bonds is 14. The maximum absolute atomic E-state index is 13.5. The molecular weight excluding hydrogens is 766 g/mol. The number of amides is 1. The Bertz CT molecular complexity index is 2460. The number of phenols is 2. The number of aliphatic hydroxyl groups is 5. The van der Waals surface area contributed by atoms with Crippen LogP contribution in [0.4, 0.5) is 5.69 Å². The number of ether oxygens (including phenoxy) is 1. The van der Waals surface area contributed by atoms with Gasteiger partial charge in [0.25, 0.3) is 0 Å². The fraction of sp³-hybridized carbons (Fsp3) is 0.419. The second-order valence-electron chi connectivity index (χ2n) is 16.3. The third-order valence-electron chi connectivity index (χ3n) is 12.0. The molecule has 3 aromatic carbocycles. The molecule has 1 saturated heterocycles. The lowest BCUT2D eigenvalue weighted by Gasteiger charge is -2.43. The molecule has 59 heavy (non-hydrogen) atoms. The summed E-state index contributed by atoms with van der Waals surface area (Å²) in [5.41, 5.74) is 0.0293. The summed E-state index contributed by atoms with van der Waals surface area (Å²) in [5, 5.41) is 78.9. The molecule has 1 fully saturated rings. The van der Waals surface area contributed by atoms with E-state index in [1.54, 1.807) is 19.2 Å². The van der Waals surface area contributed by atoms with E-state index in [2.05, 4.69) is 10.3 Å². The van der Waals surface area contributed by atoms with E-state index in [-0.39, 0.29) is 35.2 Å². The Morgan fingerprint density at radius 3 is 2.63 bits per heavy atom. The molecule has 5 heterocycles. The first-order valence-corrected chi connectivity index (χ1v) is 19.6. The van der Waals surface area contributed by atoms with Gasteiger partial charge in [-0.1, -0.05) is 6.07 Å². The summed E-state index contributed by atoms with van der Waals surface area (Å²) in [4.78, 5) is 43.0. The van der Waals surface area contributed by atoms with Crippen molar-refractivity contribution in [3.8, 4) is 17.2 Å². The van der Waals surface area contributed by atoms with Crippen molar-refractivity contribution in [2.24, 2.45) is 10.9 Å². The zero-order valence-corrected chi connectivity index (χ0v) is 32.6. The molecule has 1 unspecified atom stereocenters. The summed E-state index contributed by atoms with van der Waals surface area (Å²) in [6, 6.07) is 10.2. The molecule has 4 aliphatic rings. The van der Waals surface area contributed by atoms with E-state index < -0.39 is 55.3 Å². The number of fused-ring (bicyclic) bond motifs is 4. The van der Waals surface area contributed by atoms with Crippen LogP contribution in [0.2, 0.25) is 0 Å². The number of carbonyl (C=O) groups excluding carboxylic acids is 1. The van der Waals surface area contributed by atoms with Gasteiger partial charge in [0, 0.05) is 49.0 Å². The summed E-state index contributed by atoms with van der Waals surface area (Å²) >= 11 is 0. The number of quaternary nitrogens is 1. The Morgan fingerprint density at radius 2 is 1.88 bits per heavy atom. The van der Waals surface area contributed by atoms with Crippen LogP contribution >= 0.6 is 0 Å². The van der Waals surface area contributed by atoms with E-state index >= 15 is 0 Å². The van der Waals surface area contributed by atoms with Gasteiger partial charge in [-0.05, 0) is 80.0 Å². The van der Waals surface area contributed by atoms with Gasteiger partial charge in [-0.2, -0.15) is 0 Å². The van der Waals surface area contributed by atoms with Gasteiger partial charge >= 0.3 is 0 Å². The van der Waals surface area contributed by atoms with Crippen molar-refractivity contribution in [2.45, 2.75) is 81.6 Å². The molecule has 16 nitrogen and oxygen atoms in total. The van der Waals surface area contributed by atoms with Crippen molar-refractivity contribution >= 4 is 39.0 Å². The molecule has 0 radical (unpaired) electrons. The first-order valence-electron chi connectivity index (χ1n) is 19.6. The van der Waals surface area contributed by atoms with Gasteiger partial charge in [0.2, 0.25) is 17.2 Å². The number of aryl methyl sites for hydroxylation is 1. The Kier molecular flexibility index (Phi) is 10.9. The molecular formula is C43H48N3O13+. The highest BCUT2D eigenvalue weighted by Crippen LogP contribution is 2.45. The maximum atomic E-state index is 13.5. The van der Waals surface area contributed by atoms with E-state index in [0.29, 0.717) is 82.4 Å². The van der Waals surface area contributed by atoms with Crippen molar-refractivity contribution in [1.82, 2.24) is 5.32 Å². The molecule has 8 atom stereocenters. The van der Waals surface area contributed by atoms with Crippen molar-refractivity contribution < 1.29 is 64.4 Å². The fourth-order valence-corrected chi connectivity index (χ4v) is 8.62. The molecule has 9 N–H and O–H groups in total. The number of aromatic hydroxyl groups is 2. The molecule has 4 aromatic rings. The first-order chi connectivity index (χ1) is 28.2. The third kappa shape index (κ3) is 7.74. The highest BCUT2D eigenvalue weighted by molar-refractivity contribution is 6.07. The van der Waals surface area contributed by atoms with Crippen molar-refractivity contribution in [3.63, 3.8) is 0 Å². The zero-order chi connectivity index (χ0) is 41.8. The second kappa shape index (κ2) is 15.8. The lowest BCUT2D eigenvalue weighted by atomic mass is 9.83. The Balaban J connectivity index is 1.15. The van der Waals surface area contributed by atoms with Gasteiger partial charge in [-0.15, -0.1) is 0 Å². The summed E-state index contributed by atoms with van der Waals surface area (Å²) < 4.78 is 13.3. The van der Waals surface area contributed by atoms with E-state index in [1.165, 1.54) is 36.4 Å². The number of aliphatic imine (C=N–C) groups is 1. The maximum Gasteiger partial charge on any atom is 0.222 e. The van der Waals surface area contributed by atoms with E-state index in [4.69, 9.17) is 18.9 Å². The van der Waals surface area contributed by atoms with Crippen LogP contribution in [0.25, 0.3) is 21.7 Å². The van der Waals surface area contributed by atoms with Crippen LogP contribution < -0.4 is 20.4 Å². The summed E-state index contributed by atoms with van der Waals surface area (Å²) in [5.74, 6) is 0.696. The van der Waals surface area contributed by atoms with E-state index in [1.807, 2.05) is 19.2 Å². The average Bonchev–Trinajstić information content (AvgIpc) is 3.94. The Morgan fingerprint density at radius 1 is 1.07 bits per heavy atom. The van der Waals surface area contributed by atoms with Gasteiger partial charge in [-0.25, -0.2) is 9.78 Å². The van der Waals surface area contributed by atoms with Gasteiger partial charge in [0.1, 0.15) is 77.9 Å². The molecule has 312 valence electrons. The normalized spacial score (nSPS) is 24.9. The summed E-state index contributed by atoms with van der Waals surface area (Å²) in [7, 11) is 0. The largest absolute Gasteiger partial charge is 0.508 e. The minimum absolute atomic E-state index is 0.0278. The molecule has 0 saturated carbocycles. The molecule has 0 aliphatic carbocycles. The van der Waals surface area contributed by atoms with Crippen molar-refractivity contribution in [1.29, 1.82) is 0 Å². The number of hydrogen-bond acceptors (Lipinski definition) is 14. The number of hydrogen-bond donors (Lipinski definition) is 9. The highest BCUT2D eigenvalue weighted by Gasteiger charge is 2.49. The number of aliphatic hydroxyl groups excluding tert-OH is 4. The number of nitrogens with one attached hydrogen (secondary N) is 2. The van der Waals surface area contributed by atoms with Crippen molar-refractivity contribution in [2.75, 3.05) is 26.3 Å². The predicted octanol–water partition coefficient (Wildman–Crippen LogP) is 1.02. The SMILES string of the molecule is Cc1cc(=O)c2cc3c(c([NH+]4C=C5C=CN=C5C4)c2o1)O[C@](C)(CC[C@H]1CNC(=O)C1)[C@H](OOC[C@@](O)(Cc1ccc(O)c2ccc(O)cc12)[C@@H](O)[C@H](O)[C@H](O)CO)C3. The van der Waals surface area contributed by atoms with E-state index in [9.17, 15) is 45.3 Å². The van der Waals surface area contributed by atoms with Gasteiger partial charge < -0.3 is 50.2 Å². The molecule has 0 spiro atoms. The molecule has 4 aliphatic heterocycles. The van der Waals surface area contributed by atoms with Crippen LogP contribution in [-0.4, -0.2) is 109 Å². The number of allylic oxidation sites excluding steroid dienone is 1. The molecule has 16 heteroatoms. The standard InChI is InChI=1S/C43H47N3O13/c1-22-11-33(50)30-13-26-14-35(59-56-21-43(55,41(54)38(53)34(51)20-47)16-24-3-6-32(49)28-5-4-27(48)15-29(24)28)42(2,9-7-23-12-36(52)45-17-23)58-39(26)37(40(30)57-22)46-18-25-8-10-44-31(25)19-46/h3-6,8,10-11,13,15,18,23,34-35,38,41,47-49,51,53-55H,7,9,12,14,16-17,19-21H2,1-2H3,(H,45,52)/p+1/t23-,34-,35-,38-,41+,42-,43+/m1/s1.